The summed E-state index contributed by atoms with van der Waals surface area (Å²) in [5.74, 6) is 2.64. The lowest BCUT2D eigenvalue weighted by Crippen LogP contribution is -2.21. The first-order chi connectivity index (χ1) is 32.3. The second-order valence-electron chi connectivity index (χ2n) is 14.1. The highest BCUT2D eigenvalue weighted by molar-refractivity contribution is 6.68. The highest BCUT2D eigenvalue weighted by Crippen LogP contribution is 2.21. The van der Waals surface area contributed by atoms with Crippen LogP contribution in [-0.4, -0.2) is 99.0 Å². The molecule has 0 aliphatic carbocycles. The summed E-state index contributed by atoms with van der Waals surface area (Å²) < 4.78 is 6.69. The van der Waals surface area contributed by atoms with Gasteiger partial charge in [-0.15, -0.1) is 5.10 Å². The Bertz CT molecular complexity index is 2670. The number of halogens is 1. The van der Waals surface area contributed by atoms with Gasteiger partial charge in [-0.25, -0.2) is 29.9 Å². The molecule has 4 heterocycles. The normalized spacial score (nSPS) is 10.3. The van der Waals surface area contributed by atoms with Gasteiger partial charge >= 0.3 is 0 Å². The molecule has 0 aliphatic rings. The summed E-state index contributed by atoms with van der Waals surface area (Å²) in [5, 5.41) is 11.0. The van der Waals surface area contributed by atoms with Gasteiger partial charge in [0.25, 0.3) is 11.1 Å². The number of methoxy groups -OCH3 is 1. The number of hydrogen-bond donors (Lipinski definition) is 1. The van der Waals surface area contributed by atoms with E-state index in [4.69, 9.17) is 16.3 Å². The van der Waals surface area contributed by atoms with Gasteiger partial charge in [-0.1, -0.05) is 112 Å². The second kappa shape index (κ2) is 26.9. The van der Waals surface area contributed by atoms with E-state index in [1.54, 1.807) is 60.9 Å². The number of para-hydroxylation sites is 1. The Morgan fingerprint density at radius 1 is 0.667 bits per heavy atom. The summed E-state index contributed by atoms with van der Waals surface area (Å²) in [6.07, 6.45) is 9.91. The van der Waals surface area contributed by atoms with Crippen LogP contribution in [0, 0.1) is 0 Å². The Hall–Kier alpha value is -7.62. The van der Waals surface area contributed by atoms with E-state index in [9.17, 15) is 14.4 Å². The molecule has 0 fully saturated rings. The molecular formula is C50H52ClN11O4. The number of ether oxygens (including phenoxy) is 1. The molecule has 0 aliphatic heterocycles. The molecule has 0 spiro atoms. The van der Waals surface area contributed by atoms with Crippen molar-refractivity contribution in [2.75, 3.05) is 26.7 Å². The Morgan fingerprint density at radius 3 is 1.73 bits per heavy atom. The maximum Gasteiger partial charge on any atom is 0.283 e. The largest absolute Gasteiger partial charge is 0.496 e. The first-order valence-corrected chi connectivity index (χ1v) is 21.8. The lowest BCUT2D eigenvalue weighted by molar-refractivity contribution is 0.0937. The smallest absolute Gasteiger partial charge is 0.283 e. The predicted octanol–water partition coefficient (Wildman–Crippen LogP) is 8.49. The van der Waals surface area contributed by atoms with Crippen LogP contribution < -0.4 is 4.74 Å². The van der Waals surface area contributed by atoms with Crippen molar-refractivity contribution in [2.24, 2.45) is 0 Å². The Balaban J connectivity index is 0.000000188. The van der Waals surface area contributed by atoms with Gasteiger partial charge in [-0.05, 0) is 85.5 Å². The average molecular weight is 906 g/mol. The Kier molecular flexibility index (Phi) is 20.1. The van der Waals surface area contributed by atoms with Crippen molar-refractivity contribution >= 4 is 29.0 Å². The number of benzene rings is 4. The van der Waals surface area contributed by atoms with Gasteiger partial charge in [0, 0.05) is 36.4 Å². The summed E-state index contributed by atoms with van der Waals surface area (Å²) >= 11 is 5.19. The third-order valence-electron chi connectivity index (χ3n) is 9.97. The van der Waals surface area contributed by atoms with Crippen LogP contribution in [0.4, 0.5) is 0 Å². The number of aromatic amines is 1. The fourth-order valence-electron chi connectivity index (χ4n) is 6.34. The average Bonchev–Trinajstić information content (AvgIpc) is 4.05. The maximum atomic E-state index is 13.3. The molecule has 0 amide bonds. The molecule has 0 radical (unpaired) electrons. The van der Waals surface area contributed by atoms with Gasteiger partial charge < -0.3 is 9.64 Å². The second-order valence-corrected chi connectivity index (χ2v) is 14.5. The van der Waals surface area contributed by atoms with Gasteiger partial charge in [0.05, 0.1) is 12.7 Å². The van der Waals surface area contributed by atoms with Crippen molar-refractivity contribution in [3.8, 4) is 28.8 Å². The van der Waals surface area contributed by atoms with Crippen molar-refractivity contribution in [1.29, 1.82) is 0 Å². The number of H-pyrrole nitrogens is 1. The van der Waals surface area contributed by atoms with E-state index in [1.807, 2.05) is 54.6 Å². The maximum absolute atomic E-state index is 13.3. The minimum atomic E-state index is -0.604. The molecule has 66 heavy (non-hydrogen) atoms. The number of hydrogen-bond acceptors (Lipinski definition) is 13. The van der Waals surface area contributed by atoms with E-state index >= 15 is 0 Å². The van der Waals surface area contributed by atoms with Crippen molar-refractivity contribution in [3.63, 3.8) is 0 Å². The lowest BCUT2D eigenvalue weighted by Gasteiger charge is -2.13. The number of nitrogens with one attached hydrogen (secondary N) is 1. The fraction of sp³-hybridized carbons (Fsp3) is 0.220. The standard InChI is InChI=1S/C22H19N5O2.C14H13N5.C8H5ClO2.C6H15N/c1-29-19-10-6-5-9-17(19)22(28)27-20(12-11-16-7-3-2-4-8-16)25-21(26-27)18-13-14-23-15-24-18;1-2-4-11(5-3-1)6-7-13-17-14(19-18-13)12-8-9-15-10-16-12;9-8(11)7-4-2-1-3-6(7)5-10;1-4-7(5-2)6-3/h2-10,13-15H,11-12H2,1H3;1-5,8-10H,6-7H2,(H,17,18,19);1-5H;4-6H2,1-3H3. The zero-order valence-electron chi connectivity index (χ0n) is 37.4. The predicted molar refractivity (Wildman–Crippen MR) is 254 cm³/mol. The monoisotopic (exact) mass is 905 g/mol. The molecule has 15 nitrogen and oxygen atoms in total. The van der Waals surface area contributed by atoms with Crippen molar-refractivity contribution in [3.05, 3.63) is 186 Å². The fourth-order valence-corrected chi connectivity index (χ4v) is 6.51. The molecule has 4 aromatic carbocycles. The molecule has 16 heteroatoms. The number of aldehydes is 1. The number of carbonyl (C=O) groups excluding carboxylic acids is 3. The molecule has 1 N–H and O–H groups in total. The third-order valence-corrected chi connectivity index (χ3v) is 10.2. The van der Waals surface area contributed by atoms with Crippen LogP contribution in [0.5, 0.6) is 5.75 Å². The number of nitrogens with zero attached hydrogens (tertiary/aromatic N) is 10. The summed E-state index contributed by atoms with van der Waals surface area (Å²) in [7, 11) is 1.54. The van der Waals surface area contributed by atoms with E-state index in [0.29, 0.717) is 52.8 Å². The molecule has 0 unspecified atom stereocenters. The summed E-state index contributed by atoms with van der Waals surface area (Å²) in [4.78, 5) is 61.7. The van der Waals surface area contributed by atoms with Gasteiger partial charge in [-0.3, -0.25) is 19.5 Å². The molecule has 338 valence electrons. The first-order valence-electron chi connectivity index (χ1n) is 21.4. The summed E-state index contributed by atoms with van der Waals surface area (Å²) in [6, 6.07) is 37.4. The van der Waals surface area contributed by atoms with Crippen LogP contribution in [0.3, 0.4) is 0 Å². The highest BCUT2D eigenvalue weighted by Gasteiger charge is 2.21. The molecule has 0 saturated carbocycles. The van der Waals surface area contributed by atoms with Gasteiger partial charge in [0.15, 0.2) is 12.1 Å². The molecule has 0 bridgehead atoms. The Labute approximate surface area is 389 Å². The van der Waals surface area contributed by atoms with Crippen molar-refractivity contribution < 1.29 is 19.1 Å². The molecule has 0 saturated heterocycles. The van der Waals surface area contributed by atoms with Crippen LogP contribution in [0.15, 0.2) is 146 Å². The molecule has 8 aromatic rings. The van der Waals surface area contributed by atoms with E-state index in [1.165, 1.54) is 55.7 Å². The minimum absolute atomic E-state index is 0.254. The number of aryl methyl sites for hydroxylation is 4. The molecule has 4 aromatic heterocycles. The van der Waals surface area contributed by atoms with E-state index in [-0.39, 0.29) is 11.5 Å². The van der Waals surface area contributed by atoms with E-state index < -0.39 is 5.24 Å². The first kappa shape index (κ1) is 49.4. The number of aromatic nitrogens is 10. The van der Waals surface area contributed by atoms with Crippen LogP contribution >= 0.6 is 11.6 Å². The number of rotatable bonds is 15. The quantitative estimate of drug-likeness (QED) is 0.0763. The number of carbonyl (C=O) groups is 3. The van der Waals surface area contributed by atoms with Crippen LogP contribution in [0.25, 0.3) is 23.0 Å². The Morgan fingerprint density at radius 2 is 1.21 bits per heavy atom. The summed E-state index contributed by atoms with van der Waals surface area (Å²) in [5.41, 5.74) is 4.76. The lowest BCUT2D eigenvalue weighted by atomic mass is 10.1. The van der Waals surface area contributed by atoms with Gasteiger partial charge in [-0.2, -0.15) is 9.78 Å². The van der Waals surface area contributed by atoms with Gasteiger partial charge in [0.1, 0.15) is 41.4 Å². The highest BCUT2D eigenvalue weighted by atomic mass is 35.5. The molecular weight excluding hydrogens is 854 g/mol. The van der Waals surface area contributed by atoms with Crippen LogP contribution in [0.1, 0.15) is 74.6 Å². The zero-order valence-corrected chi connectivity index (χ0v) is 38.1. The topological polar surface area (TPSA) is 188 Å². The van der Waals surface area contributed by atoms with Crippen molar-refractivity contribution in [2.45, 2.75) is 46.5 Å². The SMILES string of the molecule is CCN(CC)CC.COc1ccccc1C(=O)n1nc(-c2ccncn2)nc1CCc1ccccc1.O=Cc1ccccc1C(=O)Cl.c1ccc(CCc2nc(-c3ccncn3)n[nH]2)cc1. The van der Waals surface area contributed by atoms with Crippen molar-refractivity contribution in [1.82, 2.24) is 54.8 Å². The van der Waals surface area contributed by atoms with E-state index in [0.717, 1.165) is 36.3 Å². The molecule has 0 atom stereocenters. The van der Waals surface area contributed by atoms with E-state index in [2.05, 4.69) is 83.0 Å². The van der Waals surface area contributed by atoms with Crippen LogP contribution in [-0.2, 0) is 25.7 Å². The third kappa shape index (κ3) is 15.0. The molecule has 8 rings (SSSR count). The minimum Gasteiger partial charge on any atom is -0.496 e. The van der Waals surface area contributed by atoms with Gasteiger partial charge in [0.2, 0.25) is 5.82 Å². The summed E-state index contributed by atoms with van der Waals surface area (Å²) in [6.45, 7) is 10.1. The zero-order chi connectivity index (χ0) is 46.9. The van der Waals surface area contributed by atoms with Crippen LogP contribution in [0.2, 0.25) is 0 Å².